The Balaban J connectivity index is 1.91. The molecule has 6 heteroatoms. The van der Waals surface area contributed by atoms with Gasteiger partial charge in [-0.25, -0.2) is 4.79 Å². The Bertz CT molecular complexity index is 711. The van der Waals surface area contributed by atoms with Crippen LogP contribution in [0.1, 0.15) is 63.7 Å². The summed E-state index contributed by atoms with van der Waals surface area (Å²) in [5, 5.41) is 3.12. The number of nitrogens with one attached hydrogen (secondary N) is 1. The van der Waals surface area contributed by atoms with Crippen molar-refractivity contribution in [2.75, 3.05) is 12.4 Å². The van der Waals surface area contributed by atoms with Gasteiger partial charge in [0.25, 0.3) is 0 Å². The number of thioether (sulfide) groups is 1. The topological polar surface area (TPSA) is 72.5 Å². The number of ketones is 1. The molecule has 1 aromatic rings. The van der Waals surface area contributed by atoms with Crippen LogP contribution < -0.4 is 5.32 Å². The molecule has 1 fully saturated rings. The largest absolute Gasteiger partial charge is 0.454 e. The van der Waals surface area contributed by atoms with Crippen molar-refractivity contribution < 1.29 is 19.1 Å². The van der Waals surface area contributed by atoms with Crippen LogP contribution in [-0.4, -0.2) is 36.1 Å². The molecule has 0 radical (unpaired) electrons. The minimum Gasteiger partial charge on any atom is -0.454 e. The molecule has 154 valence electrons. The average Bonchev–Trinajstić information content (AvgIpc) is 2.65. The Morgan fingerprint density at radius 1 is 1.14 bits per heavy atom. The van der Waals surface area contributed by atoms with Crippen molar-refractivity contribution in [3.05, 3.63) is 29.8 Å². The highest BCUT2D eigenvalue weighted by Gasteiger charge is 2.24. The van der Waals surface area contributed by atoms with Gasteiger partial charge in [-0.1, -0.05) is 52.7 Å². The summed E-state index contributed by atoms with van der Waals surface area (Å²) in [5.74, 6) is 0.0585. The second kappa shape index (κ2) is 10.1. The molecule has 0 heterocycles. The minimum absolute atomic E-state index is 0.0187. The second-order valence-electron chi connectivity index (χ2n) is 8.47. The van der Waals surface area contributed by atoms with E-state index >= 15 is 0 Å². The zero-order valence-electron chi connectivity index (χ0n) is 17.2. The fourth-order valence-electron chi connectivity index (χ4n) is 3.11. The third-order valence-electron chi connectivity index (χ3n) is 5.09. The highest BCUT2D eigenvalue weighted by atomic mass is 32.2. The summed E-state index contributed by atoms with van der Waals surface area (Å²) in [6, 6.07) is 7.26. The van der Waals surface area contributed by atoms with Gasteiger partial charge in [0.1, 0.15) is 0 Å². The minimum atomic E-state index is -0.553. The number of benzene rings is 1. The molecule has 1 aliphatic rings. The van der Waals surface area contributed by atoms with Crippen LogP contribution in [0.25, 0.3) is 0 Å². The molecule has 0 saturated heterocycles. The van der Waals surface area contributed by atoms with Crippen molar-refractivity contribution in [1.29, 1.82) is 0 Å². The first-order valence-corrected chi connectivity index (χ1v) is 10.9. The third kappa shape index (κ3) is 6.66. The van der Waals surface area contributed by atoms with Crippen molar-refractivity contribution in [3.63, 3.8) is 0 Å². The van der Waals surface area contributed by atoms with Gasteiger partial charge >= 0.3 is 5.97 Å². The molecule has 0 aliphatic heterocycles. The number of carbonyl (C=O) groups is 3. The fraction of sp³-hybridized carbons (Fsp3) is 0.591. The van der Waals surface area contributed by atoms with Crippen molar-refractivity contribution in [3.8, 4) is 0 Å². The number of amides is 1. The van der Waals surface area contributed by atoms with Crippen molar-refractivity contribution in [2.24, 2.45) is 11.3 Å². The molecule has 2 rings (SSSR count). The summed E-state index contributed by atoms with van der Waals surface area (Å²) >= 11 is 1.32. The van der Waals surface area contributed by atoms with Crippen LogP contribution in [0.4, 0.5) is 0 Å². The second-order valence-corrected chi connectivity index (χ2v) is 9.49. The molecule has 2 unspecified atom stereocenters. The number of Topliss-reactive ketones (excluding diaryl/α,β-unsaturated/α-hetero) is 1. The lowest BCUT2D eigenvalue weighted by atomic mass is 9.86. The van der Waals surface area contributed by atoms with Crippen LogP contribution in [0.5, 0.6) is 0 Å². The summed E-state index contributed by atoms with van der Waals surface area (Å²) in [5.41, 5.74) is -0.170. The Hall–Kier alpha value is -1.82. The Morgan fingerprint density at radius 2 is 1.82 bits per heavy atom. The number of ether oxygens (including phenoxy) is 1. The predicted octanol–water partition coefficient (Wildman–Crippen LogP) is 4.25. The lowest BCUT2D eigenvalue weighted by Gasteiger charge is -2.29. The number of carbonyl (C=O) groups excluding carboxylic acids is 3. The Labute approximate surface area is 172 Å². The van der Waals surface area contributed by atoms with E-state index in [0.29, 0.717) is 16.4 Å². The first-order valence-electron chi connectivity index (χ1n) is 9.90. The third-order valence-corrected chi connectivity index (χ3v) is 6.17. The standard InChI is InChI=1S/C22H31NO4S/c1-15-9-5-7-11-17(15)23-20(25)14-28-18-12-8-6-10-16(18)21(26)27-13-19(24)22(2,3)4/h6,8,10,12,15,17H,5,7,9,11,13-14H2,1-4H3,(H,23,25). The van der Waals surface area contributed by atoms with Crippen molar-refractivity contribution >= 4 is 29.4 Å². The van der Waals surface area contributed by atoms with Crippen molar-refractivity contribution in [1.82, 2.24) is 5.32 Å². The van der Waals surface area contributed by atoms with Gasteiger partial charge in [0.2, 0.25) is 5.91 Å². The van der Waals surface area contributed by atoms with Crippen LogP contribution >= 0.6 is 11.8 Å². The molecule has 1 aliphatic carbocycles. The van der Waals surface area contributed by atoms with Gasteiger partial charge < -0.3 is 10.1 Å². The van der Waals surface area contributed by atoms with Crippen LogP contribution in [0, 0.1) is 11.3 Å². The highest BCUT2D eigenvalue weighted by molar-refractivity contribution is 8.00. The molecule has 0 bridgehead atoms. The molecular weight excluding hydrogens is 374 g/mol. The maximum absolute atomic E-state index is 12.4. The number of esters is 1. The van der Waals surface area contributed by atoms with E-state index in [0.717, 1.165) is 19.3 Å². The average molecular weight is 406 g/mol. The molecule has 1 saturated carbocycles. The van der Waals surface area contributed by atoms with E-state index in [1.54, 1.807) is 39.0 Å². The molecule has 1 aromatic carbocycles. The smallest absolute Gasteiger partial charge is 0.339 e. The van der Waals surface area contributed by atoms with Gasteiger partial charge in [0.15, 0.2) is 12.4 Å². The monoisotopic (exact) mass is 405 g/mol. The molecule has 0 aromatic heterocycles. The molecule has 1 N–H and O–H groups in total. The normalized spacial score (nSPS) is 19.7. The van der Waals surface area contributed by atoms with E-state index in [1.165, 1.54) is 18.2 Å². The molecule has 1 amide bonds. The molecule has 2 atom stereocenters. The zero-order valence-corrected chi connectivity index (χ0v) is 18.1. The SMILES string of the molecule is CC1CCCCC1NC(=O)CSc1ccccc1C(=O)OCC(=O)C(C)(C)C. The van der Waals surface area contributed by atoms with Gasteiger partial charge in [0.05, 0.1) is 11.3 Å². The number of hydrogen-bond acceptors (Lipinski definition) is 5. The van der Waals surface area contributed by atoms with Gasteiger partial charge in [-0.2, -0.15) is 0 Å². The highest BCUT2D eigenvalue weighted by Crippen LogP contribution is 2.26. The summed E-state index contributed by atoms with van der Waals surface area (Å²) in [4.78, 5) is 37.4. The van der Waals surface area contributed by atoms with Gasteiger partial charge in [-0.3, -0.25) is 9.59 Å². The van der Waals surface area contributed by atoms with Crippen LogP contribution in [0.15, 0.2) is 29.2 Å². The maximum Gasteiger partial charge on any atom is 0.339 e. The fourth-order valence-corrected chi connectivity index (χ4v) is 3.96. The number of hydrogen-bond donors (Lipinski definition) is 1. The molecule has 28 heavy (non-hydrogen) atoms. The molecule has 0 spiro atoms. The van der Waals surface area contributed by atoms with E-state index < -0.39 is 11.4 Å². The quantitative estimate of drug-likeness (QED) is 0.542. The van der Waals surface area contributed by atoms with Gasteiger partial charge in [-0.15, -0.1) is 11.8 Å². The van der Waals surface area contributed by atoms with E-state index in [1.807, 2.05) is 6.07 Å². The Morgan fingerprint density at radius 3 is 2.50 bits per heavy atom. The van der Waals surface area contributed by atoms with E-state index in [-0.39, 0.29) is 30.1 Å². The molecular formula is C22H31NO4S. The Kier molecular flexibility index (Phi) is 8.10. The summed E-state index contributed by atoms with van der Waals surface area (Å²) in [6.07, 6.45) is 4.57. The lowest BCUT2D eigenvalue weighted by Crippen LogP contribution is -2.41. The van der Waals surface area contributed by atoms with E-state index in [9.17, 15) is 14.4 Å². The van der Waals surface area contributed by atoms with E-state index in [4.69, 9.17) is 4.74 Å². The maximum atomic E-state index is 12.4. The number of rotatable bonds is 7. The van der Waals surface area contributed by atoms with E-state index in [2.05, 4.69) is 12.2 Å². The van der Waals surface area contributed by atoms with Crippen LogP contribution in [-0.2, 0) is 14.3 Å². The first kappa shape index (κ1) is 22.5. The summed E-state index contributed by atoms with van der Waals surface area (Å²) in [7, 11) is 0. The predicted molar refractivity (Wildman–Crippen MR) is 111 cm³/mol. The van der Waals surface area contributed by atoms with Crippen molar-refractivity contribution in [2.45, 2.75) is 64.3 Å². The van der Waals surface area contributed by atoms with Gasteiger partial charge in [-0.05, 0) is 30.9 Å². The summed E-state index contributed by atoms with van der Waals surface area (Å²) < 4.78 is 5.20. The van der Waals surface area contributed by atoms with Crippen LogP contribution in [0.2, 0.25) is 0 Å². The summed E-state index contributed by atoms with van der Waals surface area (Å²) in [6.45, 7) is 7.30. The lowest BCUT2D eigenvalue weighted by molar-refractivity contribution is -0.129. The van der Waals surface area contributed by atoms with Crippen LogP contribution in [0.3, 0.4) is 0 Å². The zero-order chi connectivity index (χ0) is 20.7. The van der Waals surface area contributed by atoms with Gasteiger partial charge in [0, 0.05) is 16.4 Å². The molecule has 5 nitrogen and oxygen atoms in total. The first-order chi connectivity index (χ1) is 13.2.